The van der Waals surface area contributed by atoms with Crippen molar-refractivity contribution in [2.45, 2.75) is 0 Å². The summed E-state index contributed by atoms with van der Waals surface area (Å²) in [6.07, 6.45) is 0. The van der Waals surface area contributed by atoms with Crippen LogP contribution in [0.15, 0.2) is 48.5 Å². The number of carbonyl (C=O) groups excluding carboxylic acids is 3. The highest BCUT2D eigenvalue weighted by atomic mass is 16.6. The molecule has 0 spiro atoms. The Balaban J connectivity index is 2.11. The van der Waals surface area contributed by atoms with Gasteiger partial charge in [0.1, 0.15) is 0 Å². The van der Waals surface area contributed by atoms with Gasteiger partial charge in [0, 0.05) is 17.8 Å². The molecule has 0 atom stereocenters. The van der Waals surface area contributed by atoms with Crippen LogP contribution in [0.1, 0.15) is 10.4 Å². The van der Waals surface area contributed by atoms with E-state index < -0.39 is 22.6 Å². The molecule has 0 aliphatic rings. The number of hydrogen-bond donors (Lipinski definition) is 3. The highest BCUT2D eigenvalue weighted by Crippen LogP contribution is 2.17. The van der Waals surface area contributed by atoms with Gasteiger partial charge < -0.3 is 16.4 Å². The van der Waals surface area contributed by atoms with E-state index in [1.807, 2.05) is 0 Å². The molecule has 4 N–H and O–H groups in total. The number of nitro groups is 1. The second kappa shape index (κ2) is 7.01. The number of non-ortho nitro benzene ring substituents is 1. The van der Waals surface area contributed by atoms with Crippen molar-refractivity contribution in [2.24, 2.45) is 5.73 Å². The van der Waals surface area contributed by atoms with Crippen LogP contribution in [0, 0.1) is 10.1 Å². The number of amides is 3. The topological polar surface area (TPSA) is 144 Å². The summed E-state index contributed by atoms with van der Waals surface area (Å²) in [5.41, 5.74) is 5.18. The van der Waals surface area contributed by atoms with Crippen LogP contribution in [0.3, 0.4) is 0 Å². The fourth-order valence-electron chi connectivity index (χ4n) is 1.87. The molecule has 0 aliphatic heterocycles. The van der Waals surface area contributed by atoms with E-state index >= 15 is 0 Å². The SMILES string of the molecule is NC(=O)c1ccccc1NC(=O)C(=O)Nc1cccc([N+](=O)[O-])c1. The maximum Gasteiger partial charge on any atom is 0.314 e. The number of rotatable bonds is 4. The maximum absolute atomic E-state index is 11.9. The van der Waals surface area contributed by atoms with E-state index in [0.29, 0.717) is 0 Å². The number of anilines is 2. The number of nitro benzene ring substituents is 1. The van der Waals surface area contributed by atoms with E-state index in [1.165, 1.54) is 30.3 Å². The lowest BCUT2D eigenvalue weighted by Gasteiger charge is -2.09. The van der Waals surface area contributed by atoms with Gasteiger partial charge in [-0.1, -0.05) is 18.2 Å². The van der Waals surface area contributed by atoms with E-state index in [2.05, 4.69) is 10.6 Å². The summed E-state index contributed by atoms with van der Waals surface area (Å²) in [6.45, 7) is 0. The summed E-state index contributed by atoms with van der Waals surface area (Å²) in [6, 6.07) is 11.1. The summed E-state index contributed by atoms with van der Waals surface area (Å²) in [5.74, 6) is -2.85. The zero-order valence-corrected chi connectivity index (χ0v) is 12.2. The van der Waals surface area contributed by atoms with Gasteiger partial charge in [-0.3, -0.25) is 24.5 Å². The van der Waals surface area contributed by atoms with E-state index in [0.717, 1.165) is 6.07 Å². The van der Waals surface area contributed by atoms with Crippen LogP contribution < -0.4 is 16.4 Å². The lowest BCUT2D eigenvalue weighted by molar-refractivity contribution is -0.384. The maximum atomic E-state index is 11.9. The first-order valence-corrected chi connectivity index (χ1v) is 6.64. The van der Waals surface area contributed by atoms with Gasteiger partial charge in [-0.15, -0.1) is 0 Å². The third-order valence-electron chi connectivity index (χ3n) is 2.96. The van der Waals surface area contributed by atoms with Gasteiger partial charge in [0.2, 0.25) is 0 Å². The Kier molecular flexibility index (Phi) is 4.85. The van der Waals surface area contributed by atoms with Gasteiger partial charge in [0.25, 0.3) is 11.6 Å². The van der Waals surface area contributed by atoms with Crippen LogP contribution in [0.2, 0.25) is 0 Å². The van der Waals surface area contributed by atoms with Crippen LogP contribution in [-0.4, -0.2) is 22.6 Å². The number of nitrogens with two attached hydrogens (primary N) is 1. The minimum Gasteiger partial charge on any atom is -0.366 e. The van der Waals surface area contributed by atoms with Crippen molar-refractivity contribution in [1.82, 2.24) is 0 Å². The van der Waals surface area contributed by atoms with Crippen LogP contribution >= 0.6 is 0 Å². The number of nitrogens with zero attached hydrogens (tertiary/aromatic N) is 1. The second-order valence-electron chi connectivity index (χ2n) is 4.63. The molecule has 0 heterocycles. The van der Waals surface area contributed by atoms with E-state index in [9.17, 15) is 24.5 Å². The van der Waals surface area contributed by atoms with Crippen molar-refractivity contribution in [2.75, 3.05) is 10.6 Å². The summed E-state index contributed by atoms with van der Waals surface area (Å²) in [4.78, 5) is 45.1. The molecule has 9 heteroatoms. The highest BCUT2D eigenvalue weighted by molar-refractivity contribution is 6.44. The summed E-state index contributed by atoms with van der Waals surface area (Å²) < 4.78 is 0. The molecular formula is C15H12N4O5. The molecule has 0 aliphatic carbocycles. The zero-order valence-electron chi connectivity index (χ0n) is 12.2. The summed E-state index contributed by atoms with van der Waals surface area (Å²) in [7, 11) is 0. The minimum atomic E-state index is -1.05. The van der Waals surface area contributed by atoms with E-state index in [1.54, 1.807) is 12.1 Å². The minimum absolute atomic E-state index is 0.0500. The Labute approximate surface area is 135 Å². The first kappa shape index (κ1) is 16.6. The van der Waals surface area contributed by atoms with Gasteiger partial charge in [-0.05, 0) is 18.2 Å². The number of para-hydroxylation sites is 1. The van der Waals surface area contributed by atoms with Gasteiger partial charge in [-0.25, -0.2) is 0 Å². The Morgan fingerprint density at radius 1 is 0.958 bits per heavy atom. The summed E-state index contributed by atoms with van der Waals surface area (Å²) in [5, 5.41) is 15.2. The van der Waals surface area contributed by atoms with Gasteiger partial charge in [0.15, 0.2) is 0 Å². The average molecular weight is 328 g/mol. The number of primary amides is 1. The Hall–Kier alpha value is -3.75. The zero-order chi connectivity index (χ0) is 17.7. The Bertz CT molecular complexity index is 834. The third kappa shape index (κ3) is 3.91. The third-order valence-corrected chi connectivity index (χ3v) is 2.96. The lowest BCUT2D eigenvalue weighted by Crippen LogP contribution is -2.30. The number of carbonyl (C=O) groups is 3. The predicted octanol–water partition coefficient (Wildman–Crippen LogP) is 1.27. The van der Waals surface area contributed by atoms with Crippen molar-refractivity contribution in [1.29, 1.82) is 0 Å². The Morgan fingerprint density at radius 2 is 1.62 bits per heavy atom. The van der Waals surface area contributed by atoms with Crippen molar-refractivity contribution >= 4 is 34.8 Å². The predicted molar refractivity (Wildman–Crippen MR) is 85.3 cm³/mol. The van der Waals surface area contributed by atoms with Crippen LogP contribution in [-0.2, 0) is 9.59 Å². The largest absolute Gasteiger partial charge is 0.366 e. The molecule has 0 bridgehead atoms. The van der Waals surface area contributed by atoms with Crippen molar-refractivity contribution in [3.63, 3.8) is 0 Å². The quantitative estimate of drug-likeness (QED) is 0.439. The standard InChI is InChI=1S/C15H12N4O5/c16-13(20)11-6-1-2-7-12(11)18-15(22)14(21)17-9-4-3-5-10(8-9)19(23)24/h1-8H,(H2,16,20)(H,17,21)(H,18,22). The average Bonchev–Trinajstić information content (AvgIpc) is 2.55. The monoisotopic (exact) mass is 328 g/mol. The van der Waals surface area contributed by atoms with Crippen LogP contribution in [0.25, 0.3) is 0 Å². The molecule has 9 nitrogen and oxygen atoms in total. The van der Waals surface area contributed by atoms with Crippen LogP contribution in [0.5, 0.6) is 0 Å². The van der Waals surface area contributed by atoms with Gasteiger partial charge >= 0.3 is 11.8 Å². The molecule has 2 aromatic carbocycles. The van der Waals surface area contributed by atoms with Gasteiger partial charge in [-0.2, -0.15) is 0 Å². The molecule has 3 amide bonds. The number of nitrogens with one attached hydrogen (secondary N) is 2. The number of benzene rings is 2. The van der Waals surface area contributed by atoms with Crippen molar-refractivity contribution < 1.29 is 19.3 Å². The molecule has 0 unspecified atom stereocenters. The Morgan fingerprint density at radius 3 is 2.29 bits per heavy atom. The molecule has 24 heavy (non-hydrogen) atoms. The van der Waals surface area contributed by atoms with Crippen molar-refractivity contribution in [3.05, 3.63) is 64.2 Å². The smallest absolute Gasteiger partial charge is 0.314 e. The second-order valence-corrected chi connectivity index (χ2v) is 4.63. The van der Waals surface area contributed by atoms with Gasteiger partial charge in [0.05, 0.1) is 16.2 Å². The molecule has 0 fully saturated rings. The molecule has 122 valence electrons. The fourth-order valence-corrected chi connectivity index (χ4v) is 1.87. The molecule has 0 aromatic heterocycles. The molecule has 0 saturated heterocycles. The molecular weight excluding hydrogens is 316 g/mol. The first-order valence-electron chi connectivity index (χ1n) is 6.64. The van der Waals surface area contributed by atoms with E-state index in [4.69, 9.17) is 5.73 Å². The number of hydrogen-bond acceptors (Lipinski definition) is 5. The fraction of sp³-hybridized carbons (Fsp3) is 0. The highest BCUT2D eigenvalue weighted by Gasteiger charge is 2.17. The molecule has 0 radical (unpaired) electrons. The summed E-state index contributed by atoms with van der Waals surface area (Å²) >= 11 is 0. The first-order chi connectivity index (χ1) is 11.4. The van der Waals surface area contributed by atoms with Crippen LogP contribution in [0.4, 0.5) is 17.1 Å². The van der Waals surface area contributed by atoms with E-state index in [-0.39, 0.29) is 22.6 Å². The molecule has 2 rings (SSSR count). The normalized spacial score (nSPS) is 9.83. The van der Waals surface area contributed by atoms with Crippen molar-refractivity contribution in [3.8, 4) is 0 Å². The molecule has 2 aromatic rings. The lowest BCUT2D eigenvalue weighted by atomic mass is 10.1. The molecule has 0 saturated carbocycles.